The summed E-state index contributed by atoms with van der Waals surface area (Å²) < 4.78 is 0. The first-order valence-corrected chi connectivity index (χ1v) is 12.2. The molecule has 3 aromatic heterocycles. The summed E-state index contributed by atoms with van der Waals surface area (Å²) in [5.74, 6) is 1.53. The molecule has 1 fully saturated rings. The van der Waals surface area contributed by atoms with E-state index in [9.17, 15) is 5.11 Å². The third-order valence-electron chi connectivity index (χ3n) is 5.86. The fourth-order valence-electron chi connectivity index (χ4n) is 4.11. The van der Waals surface area contributed by atoms with Gasteiger partial charge in [-0.2, -0.15) is 0 Å². The number of anilines is 2. The standard InChI is InChI=1S/C26H28N6OS/c1-18-10-11-27-25(12-18)31-24-9-5-8-20(30-24)23-14-29-26(34-23)17-32-15-21(22(33)16-32)28-13-19-6-3-2-4-7-19/h2-12,14,21-22,28,33H,13,15-17H2,1H3,(H,27,30,31)/t21-,22-/m0/s1. The van der Waals surface area contributed by atoms with E-state index < -0.39 is 0 Å². The molecule has 1 saturated heterocycles. The number of rotatable bonds is 8. The highest BCUT2D eigenvalue weighted by Crippen LogP contribution is 2.27. The van der Waals surface area contributed by atoms with E-state index in [4.69, 9.17) is 4.98 Å². The van der Waals surface area contributed by atoms with Crippen LogP contribution < -0.4 is 10.6 Å². The number of thiazole rings is 1. The summed E-state index contributed by atoms with van der Waals surface area (Å²) in [6.45, 7) is 4.95. The molecule has 4 heterocycles. The van der Waals surface area contributed by atoms with Crippen LogP contribution in [0.4, 0.5) is 11.6 Å². The number of aliphatic hydroxyl groups is 1. The van der Waals surface area contributed by atoms with E-state index in [1.54, 1.807) is 17.5 Å². The average molecular weight is 473 g/mol. The molecule has 1 aliphatic heterocycles. The highest BCUT2D eigenvalue weighted by atomic mass is 32.1. The minimum Gasteiger partial charge on any atom is -0.390 e. The first kappa shape index (κ1) is 22.6. The second-order valence-electron chi connectivity index (χ2n) is 8.60. The van der Waals surface area contributed by atoms with E-state index in [2.05, 4.69) is 37.6 Å². The van der Waals surface area contributed by atoms with Crippen LogP contribution in [0.15, 0.2) is 73.1 Å². The number of aryl methyl sites for hydroxylation is 1. The fraction of sp³-hybridized carbons (Fsp3) is 0.269. The van der Waals surface area contributed by atoms with Gasteiger partial charge in [-0.1, -0.05) is 36.4 Å². The van der Waals surface area contributed by atoms with E-state index in [0.29, 0.717) is 6.54 Å². The van der Waals surface area contributed by atoms with Crippen molar-refractivity contribution in [2.24, 2.45) is 0 Å². The Kier molecular flexibility index (Phi) is 6.92. The molecular formula is C26H28N6OS. The summed E-state index contributed by atoms with van der Waals surface area (Å²) in [5, 5.41) is 18.3. The van der Waals surface area contributed by atoms with Crippen molar-refractivity contribution in [1.82, 2.24) is 25.2 Å². The maximum atomic E-state index is 10.5. The molecule has 8 heteroatoms. The third-order valence-corrected chi connectivity index (χ3v) is 6.87. The molecule has 0 aliphatic carbocycles. The summed E-state index contributed by atoms with van der Waals surface area (Å²) >= 11 is 1.64. The smallest absolute Gasteiger partial charge is 0.132 e. The van der Waals surface area contributed by atoms with Gasteiger partial charge in [-0.15, -0.1) is 11.3 Å². The molecular weight excluding hydrogens is 444 g/mol. The average Bonchev–Trinajstić information content (AvgIpc) is 3.45. The summed E-state index contributed by atoms with van der Waals surface area (Å²) in [5.41, 5.74) is 3.25. The molecule has 1 aliphatic rings. The van der Waals surface area contributed by atoms with Crippen LogP contribution in [0.2, 0.25) is 0 Å². The molecule has 3 N–H and O–H groups in total. The lowest BCUT2D eigenvalue weighted by molar-refractivity contribution is 0.152. The molecule has 0 radical (unpaired) electrons. The highest BCUT2D eigenvalue weighted by Gasteiger charge is 2.31. The SMILES string of the molecule is Cc1ccnc(Nc2cccc(-c3cnc(CN4C[C@H](NCc5ccccc5)[C@@H](O)C4)s3)n2)c1. The van der Waals surface area contributed by atoms with Gasteiger partial charge in [0.2, 0.25) is 0 Å². The summed E-state index contributed by atoms with van der Waals surface area (Å²) in [4.78, 5) is 17.0. The second kappa shape index (κ2) is 10.4. The van der Waals surface area contributed by atoms with E-state index >= 15 is 0 Å². The number of aliphatic hydroxyl groups excluding tert-OH is 1. The van der Waals surface area contributed by atoms with Crippen LogP contribution in [0.5, 0.6) is 0 Å². The maximum absolute atomic E-state index is 10.5. The van der Waals surface area contributed by atoms with Gasteiger partial charge in [0, 0.05) is 38.1 Å². The zero-order valence-corrected chi connectivity index (χ0v) is 19.9. The first-order valence-electron chi connectivity index (χ1n) is 11.4. The topological polar surface area (TPSA) is 86.2 Å². The number of benzene rings is 1. The molecule has 0 unspecified atom stereocenters. The molecule has 34 heavy (non-hydrogen) atoms. The number of hydrogen-bond acceptors (Lipinski definition) is 8. The van der Waals surface area contributed by atoms with Crippen molar-refractivity contribution in [3.63, 3.8) is 0 Å². The van der Waals surface area contributed by atoms with Gasteiger partial charge in [0.15, 0.2) is 0 Å². The van der Waals surface area contributed by atoms with Crippen molar-refractivity contribution < 1.29 is 5.11 Å². The van der Waals surface area contributed by atoms with Gasteiger partial charge in [-0.3, -0.25) is 4.90 Å². The Hall–Kier alpha value is -3.17. The Balaban J connectivity index is 1.19. The largest absolute Gasteiger partial charge is 0.390 e. The normalized spacial score (nSPS) is 18.3. The van der Waals surface area contributed by atoms with Gasteiger partial charge in [0.1, 0.15) is 16.6 Å². The Bertz CT molecular complexity index is 1230. The van der Waals surface area contributed by atoms with E-state index in [-0.39, 0.29) is 12.1 Å². The minimum absolute atomic E-state index is 0.0549. The van der Waals surface area contributed by atoms with E-state index in [0.717, 1.165) is 52.4 Å². The van der Waals surface area contributed by atoms with Crippen molar-refractivity contribution in [1.29, 1.82) is 0 Å². The van der Waals surface area contributed by atoms with Crippen LogP contribution in [0.1, 0.15) is 16.1 Å². The fourth-order valence-corrected chi connectivity index (χ4v) is 5.04. The van der Waals surface area contributed by atoms with Crippen molar-refractivity contribution >= 4 is 23.0 Å². The van der Waals surface area contributed by atoms with Gasteiger partial charge >= 0.3 is 0 Å². The third kappa shape index (κ3) is 5.66. The Morgan fingerprint density at radius 3 is 2.76 bits per heavy atom. The summed E-state index contributed by atoms with van der Waals surface area (Å²) in [7, 11) is 0. The van der Waals surface area contributed by atoms with Crippen molar-refractivity contribution in [3.8, 4) is 10.6 Å². The van der Waals surface area contributed by atoms with Gasteiger partial charge in [0.25, 0.3) is 0 Å². The number of nitrogens with one attached hydrogen (secondary N) is 2. The van der Waals surface area contributed by atoms with E-state index in [1.807, 2.05) is 61.7 Å². The quantitative estimate of drug-likeness (QED) is 0.358. The lowest BCUT2D eigenvalue weighted by Crippen LogP contribution is -2.38. The molecule has 0 amide bonds. The lowest BCUT2D eigenvalue weighted by atomic mass is 10.2. The monoisotopic (exact) mass is 472 g/mol. The Labute approximate surface area is 203 Å². The zero-order valence-electron chi connectivity index (χ0n) is 19.1. The Morgan fingerprint density at radius 1 is 1.03 bits per heavy atom. The molecule has 7 nitrogen and oxygen atoms in total. The molecule has 4 aromatic rings. The lowest BCUT2D eigenvalue weighted by Gasteiger charge is -2.16. The van der Waals surface area contributed by atoms with Gasteiger partial charge in [0.05, 0.1) is 23.2 Å². The number of likely N-dealkylation sites (tertiary alicyclic amines) is 1. The van der Waals surface area contributed by atoms with Gasteiger partial charge in [-0.05, 0) is 42.3 Å². The number of pyridine rings is 2. The highest BCUT2D eigenvalue weighted by molar-refractivity contribution is 7.15. The predicted octanol–water partition coefficient (Wildman–Crippen LogP) is 3.99. The van der Waals surface area contributed by atoms with Crippen LogP contribution in [0.3, 0.4) is 0 Å². The van der Waals surface area contributed by atoms with Crippen LogP contribution in [-0.2, 0) is 13.1 Å². The number of hydrogen-bond donors (Lipinski definition) is 3. The van der Waals surface area contributed by atoms with Crippen LogP contribution in [0.25, 0.3) is 10.6 Å². The number of aromatic nitrogens is 3. The maximum Gasteiger partial charge on any atom is 0.132 e. The summed E-state index contributed by atoms with van der Waals surface area (Å²) in [6, 6.07) is 20.2. The molecule has 0 saturated carbocycles. The van der Waals surface area contributed by atoms with Crippen LogP contribution in [-0.4, -0.2) is 50.2 Å². The number of nitrogens with zero attached hydrogens (tertiary/aromatic N) is 4. The molecule has 0 spiro atoms. The van der Waals surface area contributed by atoms with Gasteiger partial charge in [-0.25, -0.2) is 15.0 Å². The van der Waals surface area contributed by atoms with Crippen LogP contribution in [0, 0.1) is 6.92 Å². The minimum atomic E-state index is -0.386. The molecule has 2 atom stereocenters. The zero-order chi connectivity index (χ0) is 23.3. The van der Waals surface area contributed by atoms with E-state index in [1.165, 1.54) is 5.56 Å². The van der Waals surface area contributed by atoms with Crippen molar-refractivity contribution in [2.45, 2.75) is 32.2 Å². The molecule has 5 rings (SSSR count). The molecule has 0 bridgehead atoms. The second-order valence-corrected chi connectivity index (χ2v) is 9.72. The van der Waals surface area contributed by atoms with Gasteiger partial charge < -0.3 is 15.7 Å². The van der Waals surface area contributed by atoms with Crippen molar-refractivity contribution in [2.75, 3.05) is 18.4 Å². The van der Waals surface area contributed by atoms with Crippen molar-refractivity contribution in [3.05, 3.63) is 89.2 Å². The molecule has 1 aromatic carbocycles. The number of β-amino-alcohol motifs (C(OH)–C–C–N with tert-alkyl or cyclic N) is 1. The predicted molar refractivity (Wildman–Crippen MR) is 136 cm³/mol. The molecule has 174 valence electrons. The van der Waals surface area contributed by atoms with Crippen LogP contribution >= 0.6 is 11.3 Å². The first-order chi connectivity index (χ1) is 16.6. The Morgan fingerprint density at radius 2 is 1.91 bits per heavy atom. The summed E-state index contributed by atoms with van der Waals surface area (Å²) in [6.07, 6.45) is 3.28.